The standard InChI is InChI=1S/C17H29NO3/c1-16(2,3)21-15(19)18-13-8-6-7-12(13)11-14(18)17(20)9-4-5-10-17/h12-14,20H,4-11H2,1-3H3/t12-,13-,14-/m1/s1. The average molecular weight is 295 g/mol. The summed E-state index contributed by atoms with van der Waals surface area (Å²) in [6.45, 7) is 5.73. The van der Waals surface area contributed by atoms with Crippen molar-refractivity contribution in [2.75, 3.05) is 0 Å². The number of ether oxygens (including phenoxy) is 1. The Morgan fingerprint density at radius 2 is 1.86 bits per heavy atom. The molecule has 2 saturated carbocycles. The fourth-order valence-corrected chi connectivity index (χ4v) is 4.67. The maximum Gasteiger partial charge on any atom is 0.410 e. The van der Waals surface area contributed by atoms with Crippen LogP contribution >= 0.6 is 0 Å². The normalized spacial score (nSPS) is 35.0. The van der Waals surface area contributed by atoms with E-state index in [0.717, 1.165) is 38.5 Å². The van der Waals surface area contributed by atoms with Gasteiger partial charge in [0.25, 0.3) is 0 Å². The molecule has 0 spiro atoms. The highest BCUT2D eigenvalue weighted by atomic mass is 16.6. The predicted octanol–water partition coefficient (Wildman–Crippen LogP) is 3.47. The Hall–Kier alpha value is -0.770. The molecular weight excluding hydrogens is 266 g/mol. The molecule has 3 atom stereocenters. The molecule has 3 rings (SSSR count). The van der Waals surface area contributed by atoms with Crippen molar-refractivity contribution in [1.29, 1.82) is 0 Å². The highest BCUT2D eigenvalue weighted by Crippen LogP contribution is 2.48. The Balaban J connectivity index is 1.83. The second-order valence-corrected chi connectivity index (χ2v) is 8.21. The largest absolute Gasteiger partial charge is 0.444 e. The van der Waals surface area contributed by atoms with Crippen LogP contribution in [0.25, 0.3) is 0 Å². The Bertz CT molecular complexity index is 409. The lowest BCUT2D eigenvalue weighted by Crippen LogP contribution is -2.53. The molecule has 0 bridgehead atoms. The third-order valence-electron chi connectivity index (χ3n) is 5.53. The van der Waals surface area contributed by atoms with Gasteiger partial charge in [0.1, 0.15) is 5.60 Å². The number of carbonyl (C=O) groups excluding carboxylic acids is 1. The van der Waals surface area contributed by atoms with Gasteiger partial charge in [0.15, 0.2) is 0 Å². The number of aliphatic hydroxyl groups is 1. The van der Waals surface area contributed by atoms with E-state index in [2.05, 4.69) is 0 Å². The van der Waals surface area contributed by atoms with Crippen molar-refractivity contribution in [1.82, 2.24) is 4.90 Å². The summed E-state index contributed by atoms with van der Waals surface area (Å²) in [7, 11) is 0. The van der Waals surface area contributed by atoms with E-state index in [1.807, 2.05) is 25.7 Å². The lowest BCUT2D eigenvalue weighted by molar-refractivity contribution is -0.0481. The maximum atomic E-state index is 12.7. The summed E-state index contributed by atoms with van der Waals surface area (Å²) >= 11 is 0. The van der Waals surface area contributed by atoms with Crippen LogP contribution in [0.15, 0.2) is 0 Å². The first-order valence-corrected chi connectivity index (χ1v) is 8.54. The predicted molar refractivity (Wildman–Crippen MR) is 81.0 cm³/mol. The molecule has 3 aliphatic rings. The molecule has 1 heterocycles. The molecular formula is C17H29NO3. The second kappa shape index (κ2) is 5.15. The van der Waals surface area contributed by atoms with E-state index < -0.39 is 11.2 Å². The molecule has 1 N–H and O–H groups in total. The Kier molecular flexibility index (Phi) is 3.71. The number of nitrogens with zero attached hydrogens (tertiary/aromatic N) is 1. The number of rotatable bonds is 1. The first-order valence-electron chi connectivity index (χ1n) is 8.54. The van der Waals surface area contributed by atoms with Crippen LogP contribution in [-0.4, -0.2) is 39.4 Å². The highest BCUT2D eigenvalue weighted by Gasteiger charge is 2.55. The molecule has 1 amide bonds. The Morgan fingerprint density at radius 3 is 2.48 bits per heavy atom. The molecule has 4 heteroatoms. The van der Waals surface area contributed by atoms with Gasteiger partial charge in [-0.2, -0.15) is 0 Å². The van der Waals surface area contributed by atoms with Gasteiger partial charge in [-0.15, -0.1) is 0 Å². The van der Waals surface area contributed by atoms with Gasteiger partial charge in [0, 0.05) is 6.04 Å². The topological polar surface area (TPSA) is 49.8 Å². The van der Waals surface area contributed by atoms with E-state index in [1.165, 1.54) is 12.8 Å². The Labute approximate surface area is 127 Å². The second-order valence-electron chi connectivity index (χ2n) is 8.21. The van der Waals surface area contributed by atoms with Gasteiger partial charge in [0.2, 0.25) is 0 Å². The first kappa shape index (κ1) is 15.1. The maximum absolute atomic E-state index is 12.7. The molecule has 0 aromatic heterocycles. The van der Waals surface area contributed by atoms with Crippen LogP contribution < -0.4 is 0 Å². The zero-order valence-corrected chi connectivity index (χ0v) is 13.6. The SMILES string of the molecule is CC(C)(C)OC(=O)N1[C@@H]2CCC[C@@H]2C[C@@H]1C1(O)CCCC1. The summed E-state index contributed by atoms with van der Waals surface area (Å²) in [6.07, 6.45) is 8.00. The van der Waals surface area contributed by atoms with Gasteiger partial charge in [0.05, 0.1) is 11.6 Å². The number of likely N-dealkylation sites (tertiary alicyclic amines) is 1. The van der Waals surface area contributed by atoms with Crippen LogP contribution in [0, 0.1) is 5.92 Å². The molecule has 2 aliphatic carbocycles. The van der Waals surface area contributed by atoms with E-state index in [0.29, 0.717) is 5.92 Å². The summed E-state index contributed by atoms with van der Waals surface area (Å²) in [4.78, 5) is 14.6. The molecule has 4 nitrogen and oxygen atoms in total. The van der Waals surface area contributed by atoms with Gasteiger partial charge < -0.3 is 9.84 Å². The molecule has 3 fully saturated rings. The fourth-order valence-electron chi connectivity index (χ4n) is 4.67. The van der Waals surface area contributed by atoms with Gasteiger partial charge in [-0.05, 0) is 58.8 Å². The lowest BCUT2D eigenvalue weighted by atomic mass is 9.88. The van der Waals surface area contributed by atoms with Crippen molar-refractivity contribution in [3.05, 3.63) is 0 Å². The van der Waals surface area contributed by atoms with Crippen molar-refractivity contribution in [2.24, 2.45) is 5.92 Å². The van der Waals surface area contributed by atoms with E-state index in [1.54, 1.807) is 0 Å². The first-order chi connectivity index (χ1) is 9.80. The monoisotopic (exact) mass is 295 g/mol. The van der Waals surface area contributed by atoms with Crippen molar-refractivity contribution in [2.45, 2.75) is 95.4 Å². The van der Waals surface area contributed by atoms with Gasteiger partial charge >= 0.3 is 6.09 Å². The van der Waals surface area contributed by atoms with Crippen LogP contribution in [0.1, 0.15) is 72.1 Å². The minimum Gasteiger partial charge on any atom is -0.444 e. The van der Waals surface area contributed by atoms with Crippen LogP contribution in [-0.2, 0) is 4.74 Å². The smallest absolute Gasteiger partial charge is 0.410 e. The van der Waals surface area contributed by atoms with E-state index in [9.17, 15) is 9.90 Å². The molecule has 0 radical (unpaired) electrons. The summed E-state index contributed by atoms with van der Waals surface area (Å²) in [5.74, 6) is 0.562. The number of carbonyl (C=O) groups is 1. The number of fused-ring (bicyclic) bond motifs is 1. The van der Waals surface area contributed by atoms with Crippen LogP contribution in [0.3, 0.4) is 0 Å². The minimum atomic E-state index is -0.679. The Morgan fingerprint density at radius 1 is 1.19 bits per heavy atom. The highest BCUT2D eigenvalue weighted by molar-refractivity contribution is 5.70. The quantitative estimate of drug-likeness (QED) is 0.806. The van der Waals surface area contributed by atoms with Crippen molar-refractivity contribution >= 4 is 6.09 Å². The van der Waals surface area contributed by atoms with Crippen molar-refractivity contribution in [3.63, 3.8) is 0 Å². The van der Waals surface area contributed by atoms with Crippen molar-refractivity contribution in [3.8, 4) is 0 Å². The molecule has 120 valence electrons. The fraction of sp³-hybridized carbons (Fsp3) is 0.941. The summed E-state index contributed by atoms with van der Waals surface area (Å²) in [6, 6.07) is 0.250. The van der Waals surface area contributed by atoms with Gasteiger partial charge in [-0.3, -0.25) is 4.90 Å². The van der Waals surface area contributed by atoms with Crippen molar-refractivity contribution < 1.29 is 14.6 Å². The third-order valence-corrected chi connectivity index (χ3v) is 5.53. The molecule has 0 unspecified atom stereocenters. The lowest BCUT2D eigenvalue weighted by Gasteiger charge is -2.39. The third kappa shape index (κ3) is 2.79. The zero-order chi connectivity index (χ0) is 15.3. The van der Waals surface area contributed by atoms with Crippen LogP contribution in [0.2, 0.25) is 0 Å². The molecule has 21 heavy (non-hydrogen) atoms. The van der Waals surface area contributed by atoms with Crippen LogP contribution in [0.5, 0.6) is 0 Å². The minimum absolute atomic E-state index is 0.0369. The number of hydrogen-bond donors (Lipinski definition) is 1. The van der Waals surface area contributed by atoms with E-state index in [4.69, 9.17) is 4.74 Å². The van der Waals surface area contributed by atoms with Gasteiger partial charge in [-0.25, -0.2) is 4.79 Å². The van der Waals surface area contributed by atoms with Crippen LogP contribution in [0.4, 0.5) is 4.79 Å². The molecule has 1 saturated heterocycles. The number of hydrogen-bond acceptors (Lipinski definition) is 3. The molecule has 0 aromatic rings. The summed E-state index contributed by atoms with van der Waals surface area (Å²) in [5, 5.41) is 11.0. The van der Waals surface area contributed by atoms with Gasteiger partial charge in [-0.1, -0.05) is 19.3 Å². The summed E-state index contributed by atoms with van der Waals surface area (Å²) in [5.41, 5.74) is -1.15. The molecule has 1 aliphatic heterocycles. The molecule has 0 aromatic carbocycles. The van der Waals surface area contributed by atoms with E-state index >= 15 is 0 Å². The summed E-state index contributed by atoms with van der Waals surface area (Å²) < 4.78 is 5.64. The average Bonchev–Trinajstić information content (AvgIpc) is 2.99. The number of amides is 1. The van der Waals surface area contributed by atoms with E-state index in [-0.39, 0.29) is 18.2 Å². The zero-order valence-electron chi connectivity index (χ0n) is 13.6.